The van der Waals surface area contributed by atoms with Crippen molar-refractivity contribution in [3.63, 3.8) is 0 Å². The molecule has 0 spiro atoms. The summed E-state index contributed by atoms with van der Waals surface area (Å²) >= 11 is 0. The second-order valence-electron chi connectivity index (χ2n) is 2.42. The third kappa shape index (κ3) is 2.64. The molecule has 0 bridgehead atoms. The maximum atomic E-state index is 10.5. The third-order valence-electron chi connectivity index (χ3n) is 1.33. The summed E-state index contributed by atoms with van der Waals surface area (Å²) in [5, 5.41) is 3.01. The Bertz CT molecular complexity index is 193. The SMILES string of the molecule is CS(=O)(=O)O[C@H]1CCNC1. The zero-order chi connectivity index (χ0) is 7.61. The van der Waals surface area contributed by atoms with Gasteiger partial charge in [-0.05, 0) is 13.0 Å². The zero-order valence-electron chi connectivity index (χ0n) is 5.83. The summed E-state index contributed by atoms with van der Waals surface area (Å²) in [6.07, 6.45) is 1.72. The average Bonchev–Trinajstić information content (AvgIpc) is 2.12. The first-order valence-electron chi connectivity index (χ1n) is 3.17. The van der Waals surface area contributed by atoms with E-state index in [1.54, 1.807) is 0 Å². The van der Waals surface area contributed by atoms with E-state index in [1.807, 2.05) is 0 Å². The van der Waals surface area contributed by atoms with Crippen LogP contribution >= 0.6 is 0 Å². The van der Waals surface area contributed by atoms with Crippen molar-refractivity contribution in [3.8, 4) is 0 Å². The standard InChI is InChI=1S/C5H11NO3S/c1-10(7,8)9-5-2-3-6-4-5/h5-6H,2-4H2,1H3/t5-/m0/s1. The van der Waals surface area contributed by atoms with E-state index in [4.69, 9.17) is 4.18 Å². The fraction of sp³-hybridized carbons (Fsp3) is 1.00. The minimum absolute atomic E-state index is 0.144. The summed E-state index contributed by atoms with van der Waals surface area (Å²) in [6, 6.07) is 0. The predicted molar refractivity (Wildman–Crippen MR) is 37.2 cm³/mol. The molecule has 0 amide bonds. The van der Waals surface area contributed by atoms with Crippen LogP contribution in [0.25, 0.3) is 0 Å². The highest BCUT2D eigenvalue weighted by molar-refractivity contribution is 7.86. The summed E-state index contributed by atoms with van der Waals surface area (Å²) in [6.45, 7) is 1.49. The maximum absolute atomic E-state index is 10.5. The number of hydrogen-bond acceptors (Lipinski definition) is 4. The van der Waals surface area contributed by atoms with E-state index in [2.05, 4.69) is 5.32 Å². The normalized spacial score (nSPS) is 27.1. The van der Waals surface area contributed by atoms with Gasteiger partial charge >= 0.3 is 0 Å². The molecular formula is C5H11NO3S. The molecule has 0 aromatic carbocycles. The van der Waals surface area contributed by atoms with Gasteiger partial charge in [0, 0.05) is 6.54 Å². The topological polar surface area (TPSA) is 55.4 Å². The smallest absolute Gasteiger partial charge is 0.264 e. The van der Waals surface area contributed by atoms with Gasteiger partial charge in [0.2, 0.25) is 0 Å². The highest BCUT2D eigenvalue weighted by atomic mass is 32.2. The first-order chi connectivity index (χ1) is 4.58. The Morgan fingerprint density at radius 2 is 2.30 bits per heavy atom. The van der Waals surface area contributed by atoms with Gasteiger partial charge in [-0.15, -0.1) is 0 Å². The molecule has 10 heavy (non-hydrogen) atoms. The van der Waals surface area contributed by atoms with E-state index in [0.29, 0.717) is 6.54 Å². The predicted octanol–water partition coefficient (Wildman–Crippen LogP) is -0.675. The Hall–Kier alpha value is -0.130. The van der Waals surface area contributed by atoms with Crippen molar-refractivity contribution in [1.29, 1.82) is 0 Å². The molecular weight excluding hydrogens is 154 g/mol. The summed E-state index contributed by atoms with van der Waals surface area (Å²) in [5.74, 6) is 0. The highest BCUT2D eigenvalue weighted by Gasteiger charge is 2.18. The van der Waals surface area contributed by atoms with Gasteiger partial charge < -0.3 is 5.32 Å². The lowest BCUT2D eigenvalue weighted by Gasteiger charge is -2.05. The molecule has 1 heterocycles. The molecule has 1 rings (SSSR count). The largest absolute Gasteiger partial charge is 0.314 e. The van der Waals surface area contributed by atoms with Crippen molar-refractivity contribution in [2.75, 3.05) is 19.3 Å². The number of hydrogen-bond donors (Lipinski definition) is 1. The lowest BCUT2D eigenvalue weighted by Crippen LogP contribution is -2.19. The van der Waals surface area contributed by atoms with Gasteiger partial charge in [0.25, 0.3) is 10.1 Å². The molecule has 1 aliphatic heterocycles. The van der Waals surface area contributed by atoms with Crippen molar-refractivity contribution < 1.29 is 12.6 Å². The quantitative estimate of drug-likeness (QED) is 0.551. The zero-order valence-corrected chi connectivity index (χ0v) is 6.65. The van der Waals surface area contributed by atoms with Gasteiger partial charge in [-0.1, -0.05) is 0 Å². The van der Waals surface area contributed by atoms with Gasteiger partial charge in [-0.25, -0.2) is 0 Å². The molecule has 0 saturated carbocycles. The molecule has 5 heteroatoms. The fourth-order valence-electron chi connectivity index (χ4n) is 0.957. The minimum Gasteiger partial charge on any atom is -0.314 e. The van der Waals surface area contributed by atoms with Crippen LogP contribution in [0.3, 0.4) is 0 Å². The van der Waals surface area contributed by atoms with E-state index in [1.165, 1.54) is 0 Å². The van der Waals surface area contributed by atoms with Crippen LogP contribution in [0, 0.1) is 0 Å². The first kappa shape index (κ1) is 7.97. The molecule has 0 aliphatic carbocycles. The van der Waals surface area contributed by atoms with Crippen LogP contribution in [0.5, 0.6) is 0 Å². The van der Waals surface area contributed by atoms with Crippen molar-refractivity contribution in [3.05, 3.63) is 0 Å². The number of nitrogens with one attached hydrogen (secondary N) is 1. The lowest BCUT2D eigenvalue weighted by molar-refractivity contribution is 0.232. The molecule has 1 saturated heterocycles. The second-order valence-corrected chi connectivity index (χ2v) is 4.02. The molecule has 4 nitrogen and oxygen atoms in total. The molecule has 1 N–H and O–H groups in total. The van der Waals surface area contributed by atoms with Crippen molar-refractivity contribution >= 4 is 10.1 Å². The molecule has 1 atom stereocenters. The Morgan fingerprint density at radius 1 is 1.60 bits per heavy atom. The molecule has 60 valence electrons. The Balaban J connectivity index is 2.38. The van der Waals surface area contributed by atoms with Crippen LogP contribution in [-0.2, 0) is 14.3 Å². The first-order valence-corrected chi connectivity index (χ1v) is 4.98. The Kier molecular flexibility index (Phi) is 2.28. The van der Waals surface area contributed by atoms with Crippen LogP contribution in [0.2, 0.25) is 0 Å². The molecule has 0 aromatic heterocycles. The van der Waals surface area contributed by atoms with Crippen LogP contribution in [-0.4, -0.2) is 33.9 Å². The van der Waals surface area contributed by atoms with E-state index < -0.39 is 10.1 Å². The lowest BCUT2D eigenvalue weighted by atomic mass is 10.3. The highest BCUT2D eigenvalue weighted by Crippen LogP contribution is 2.05. The summed E-state index contributed by atoms with van der Waals surface area (Å²) in [5.41, 5.74) is 0. The maximum Gasteiger partial charge on any atom is 0.264 e. The van der Waals surface area contributed by atoms with Crippen LogP contribution in [0.4, 0.5) is 0 Å². The monoisotopic (exact) mass is 165 g/mol. The van der Waals surface area contributed by atoms with Gasteiger partial charge in [0.1, 0.15) is 0 Å². The average molecular weight is 165 g/mol. The summed E-state index contributed by atoms with van der Waals surface area (Å²) < 4.78 is 25.8. The third-order valence-corrected chi connectivity index (χ3v) is 1.95. The minimum atomic E-state index is -3.25. The van der Waals surface area contributed by atoms with Crippen LogP contribution in [0.1, 0.15) is 6.42 Å². The molecule has 0 aromatic rings. The van der Waals surface area contributed by atoms with Crippen LogP contribution in [0.15, 0.2) is 0 Å². The second kappa shape index (κ2) is 2.86. The number of rotatable bonds is 2. The van der Waals surface area contributed by atoms with Gasteiger partial charge in [-0.3, -0.25) is 4.18 Å². The molecule has 1 fully saturated rings. The van der Waals surface area contributed by atoms with E-state index in [0.717, 1.165) is 19.2 Å². The van der Waals surface area contributed by atoms with Gasteiger partial charge in [-0.2, -0.15) is 8.42 Å². The molecule has 0 unspecified atom stereocenters. The van der Waals surface area contributed by atoms with Gasteiger partial charge in [0.05, 0.1) is 12.4 Å². The van der Waals surface area contributed by atoms with Crippen molar-refractivity contribution in [2.45, 2.75) is 12.5 Å². The fourth-order valence-corrected chi connectivity index (χ4v) is 1.62. The van der Waals surface area contributed by atoms with Crippen LogP contribution < -0.4 is 5.32 Å². The van der Waals surface area contributed by atoms with E-state index in [-0.39, 0.29) is 6.10 Å². The van der Waals surface area contributed by atoms with Gasteiger partial charge in [0.15, 0.2) is 0 Å². The van der Waals surface area contributed by atoms with Crippen molar-refractivity contribution in [1.82, 2.24) is 5.32 Å². The van der Waals surface area contributed by atoms with Crippen molar-refractivity contribution in [2.24, 2.45) is 0 Å². The molecule has 0 radical (unpaired) electrons. The Labute approximate surface area is 60.7 Å². The summed E-state index contributed by atoms with van der Waals surface area (Å²) in [7, 11) is -3.25. The van der Waals surface area contributed by atoms with E-state index in [9.17, 15) is 8.42 Å². The van der Waals surface area contributed by atoms with E-state index >= 15 is 0 Å². The molecule has 1 aliphatic rings. The summed E-state index contributed by atoms with van der Waals surface area (Å²) in [4.78, 5) is 0. The Morgan fingerprint density at radius 3 is 2.70 bits per heavy atom.